The topological polar surface area (TPSA) is 67.8 Å². The minimum Gasteiger partial charge on any atom is -0.301 e. The average Bonchev–Trinajstić information content (AvgIpc) is 2.93. The lowest BCUT2D eigenvalue weighted by atomic mass is 10.3. The molecule has 0 aliphatic rings. The molecule has 0 saturated heterocycles. The zero-order valence-electron chi connectivity index (χ0n) is 13.7. The molecule has 0 radical (unpaired) electrons. The Kier molecular flexibility index (Phi) is 5.11. The van der Waals surface area contributed by atoms with Crippen LogP contribution in [0.5, 0.6) is 0 Å². The molecule has 0 spiro atoms. The van der Waals surface area contributed by atoms with Crippen molar-refractivity contribution in [1.29, 1.82) is 0 Å². The predicted octanol–water partition coefficient (Wildman–Crippen LogP) is 4.21. The van der Waals surface area contributed by atoms with E-state index in [9.17, 15) is 4.79 Å². The molecule has 1 aromatic carbocycles. The van der Waals surface area contributed by atoms with Crippen molar-refractivity contribution in [3.8, 4) is 0 Å². The predicted molar refractivity (Wildman–Crippen MR) is 99.7 cm³/mol. The fourth-order valence-electron chi connectivity index (χ4n) is 2.31. The smallest absolute Gasteiger partial charge is 0.239 e. The van der Waals surface area contributed by atoms with Crippen LogP contribution in [-0.4, -0.2) is 26.1 Å². The molecular weight excluding hydrogens is 340 g/mol. The number of fused-ring (bicyclic) bond motifs is 1. The normalized spacial score (nSPS) is 12.3. The van der Waals surface area contributed by atoms with Gasteiger partial charge in [-0.25, -0.2) is 15.0 Å². The SMILES string of the molecule is CC[C@@H](Sc1nc(C)cc(C)n1)C(=O)Nc1nc2ccccc2s1. The van der Waals surface area contributed by atoms with Crippen LogP contribution in [0, 0.1) is 13.8 Å². The first-order valence-corrected chi connectivity index (χ1v) is 9.40. The second-order valence-corrected chi connectivity index (χ2v) is 7.62. The van der Waals surface area contributed by atoms with Gasteiger partial charge in [0.1, 0.15) is 0 Å². The van der Waals surface area contributed by atoms with Gasteiger partial charge in [-0.15, -0.1) is 0 Å². The molecule has 1 amide bonds. The van der Waals surface area contributed by atoms with Crippen molar-refractivity contribution in [2.24, 2.45) is 0 Å². The summed E-state index contributed by atoms with van der Waals surface area (Å²) in [6, 6.07) is 9.77. The first-order chi connectivity index (χ1) is 11.5. The molecule has 1 atom stereocenters. The molecule has 3 aromatic rings. The summed E-state index contributed by atoms with van der Waals surface area (Å²) in [6.45, 7) is 5.85. The minimum atomic E-state index is -0.252. The molecule has 124 valence electrons. The van der Waals surface area contributed by atoms with Crippen LogP contribution in [0.25, 0.3) is 10.2 Å². The van der Waals surface area contributed by atoms with Gasteiger partial charge in [0.25, 0.3) is 0 Å². The average molecular weight is 358 g/mol. The fraction of sp³-hybridized carbons (Fsp3) is 0.294. The van der Waals surface area contributed by atoms with Crippen LogP contribution in [0.15, 0.2) is 35.5 Å². The second kappa shape index (κ2) is 7.27. The van der Waals surface area contributed by atoms with Crippen molar-refractivity contribution in [2.75, 3.05) is 5.32 Å². The minimum absolute atomic E-state index is 0.0654. The Bertz CT molecular complexity index is 825. The largest absolute Gasteiger partial charge is 0.301 e. The molecule has 0 bridgehead atoms. The van der Waals surface area contributed by atoms with Gasteiger partial charge in [0.2, 0.25) is 5.91 Å². The van der Waals surface area contributed by atoms with E-state index in [-0.39, 0.29) is 11.2 Å². The van der Waals surface area contributed by atoms with Crippen molar-refractivity contribution in [1.82, 2.24) is 15.0 Å². The van der Waals surface area contributed by atoms with E-state index >= 15 is 0 Å². The Morgan fingerprint density at radius 2 is 1.92 bits per heavy atom. The molecule has 2 heterocycles. The van der Waals surface area contributed by atoms with Gasteiger partial charge in [-0.3, -0.25) is 4.79 Å². The first kappa shape index (κ1) is 16.9. The Morgan fingerprint density at radius 3 is 2.58 bits per heavy atom. The third-order valence-corrected chi connectivity index (χ3v) is 5.57. The number of para-hydroxylation sites is 1. The molecule has 5 nitrogen and oxygen atoms in total. The zero-order valence-corrected chi connectivity index (χ0v) is 15.4. The molecule has 2 aromatic heterocycles. The monoisotopic (exact) mass is 358 g/mol. The van der Waals surface area contributed by atoms with Crippen molar-refractivity contribution in [3.63, 3.8) is 0 Å². The third-order valence-electron chi connectivity index (χ3n) is 3.40. The maximum atomic E-state index is 12.6. The van der Waals surface area contributed by atoms with Crippen molar-refractivity contribution < 1.29 is 4.79 Å². The van der Waals surface area contributed by atoms with Crippen molar-refractivity contribution >= 4 is 44.4 Å². The summed E-state index contributed by atoms with van der Waals surface area (Å²) in [5, 5.41) is 3.94. The van der Waals surface area contributed by atoms with Gasteiger partial charge in [0.15, 0.2) is 10.3 Å². The summed E-state index contributed by atoms with van der Waals surface area (Å²) >= 11 is 2.87. The van der Waals surface area contributed by atoms with E-state index in [2.05, 4.69) is 20.3 Å². The number of benzene rings is 1. The van der Waals surface area contributed by atoms with Gasteiger partial charge in [0, 0.05) is 11.4 Å². The summed E-state index contributed by atoms with van der Waals surface area (Å²) in [7, 11) is 0. The standard InChI is InChI=1S/C17H18N4OS2/c1-4-13(23-16-18-10(2)9-11(3)19-16)15(22)21-17-20-12-7-5-6-8-14(12)24-17/h5-9,13H,4H2,1-3H3,(H,20,21,22)/t13-/m1/s1. The lowest BCUT2D eigenvalue weighted by Gasteiger charge is -2.13. The lowest BCUT2D eigenvalue weighted by molar-refractivity contribution is -0.115. The number of aromatic nitrogens is 3. The van der Waals surface area contributed by atoms with Crippen molar-refractivity contribution in [3.05, 3.63) is 41.7 Å². The number of anilines is 1. The van der Waals surface area contributed by atoms with Gasteiger partial charge in [-0.05, 0) is 38.5 Å². The summed E-state index contributed by atoms with van der Waals surface area (Å²) in [4.78, 5) is 25.8. The molecule has 24 heavy (non-hydrogen) atoms. The molecule has 0 fully saturated rings. The van der Waals surface area contributed by atoms with E-state index in [0.29, 0.717) is 16.7 Å². The van der Waals surface area contributed by atoms with Crippen LogP contribution < -0.4 is 5.32 Å². The Labute approximate surface area is 148 Å². The quantitative estimate of drug-likeness (QED) is 0.546. The van der Waals surface area contributed by atoms with E-state index in [1.807, 2.05) is 51.1 Å². The van der Waals surface area contributed by atoms with E-state index in [4.69, 9.17) is 0 Å². The van der Waals surface area contributed by atoms with Gasteiger partial charge < -0.3 is 5.32 Å². The van der Waals surface area contributed by atoms with Crippen LogP contribution in [0.3, 0.4) is 0 Å². The second-order valence-electron chi connectivity index (χ2n) is 5.42. The molecule has 0 aliphatic heterocycles. The van der Waals surface area contributed by atoms with Crippen LogP contribution in [0.4, 0.5) is 5.13 Å². The van der Waals surface area contributed by atoms with Crippen LogP contribution in [0.2, 0.25) is 0 Å². The summed E-state index contributed by atoms with van der Waals surface area (Å²) in [5.41, 5.74) is 2.72. The number of hydrogen-bond acceptors (Lipinski definition) is 6. The number of nitrogens with one attached hydrogen (secondary N) is 1. The van der Waals surface area contributed by atoms with Gasteiger partial charge in [0.05, 0.1) is 15.5 Å². The highest BCUT2D eigenvalue weighted by molar-refractivity contribution is 8.00. The fourth-order valence-corrected chi connectivity index (χ4v) is 4.16. The van der Waals surface area contributed by atoms with Gasteiger partial charge in [-0.1, -0.05) is 42.2 Å². The highest BCUT2D eigenvalue weighted by Gasteiger charge is 2.21. The van der Waals surface area contributed by atoms with Crippen LogP contribution in [-0.2, 0) is 4.79 Å². The van der Waals surface area contributed by atoms with E-state index in [0.717, 1.165) is 21.6 Å². The number of rotatable bonds is 5. The molecule has 0 aliphatic carbocycles. The highest BCUT2D eigenvalue weighted by atomic mass is 32.2. The molecule has 7 heteroatoms. The number of hydrogen-bond donors (Lipinski definition) is 1. The Balaban J connectivity index is 1.73. The number of amides is 1. The van der Waals surface area contributed by atoms with Crippen LogP contribution in [0.1, 0.15) is 24.7 Å². The molecule has 0 saturated carbocycles. The Morgan fingerprint density at radius 1 is 1.21 bits per heavy atom. The molecular formula is C17H18N4OS2. The number of carbonyl (C=O) groups excluding carboxylic acids is 1. The van der Waals surface area contributed by atoms with E-state index in [1.165, 1.54) is 23.1 Å². The zero-order chi connectivity index (χ0) is 17.1. The summed E-state index contributed by atoms with van der Waals surface area (Å²) in [5.74, 6) is -0.0654. The number of thioether (sulfide) groups is 1. The molecule has 1 N–H and O–H groups in total. The highest BCUT2D eigenvalue weighted by Crippen LogP contribution is 2.28. The maximum Gasteiger partial charge on any atom is 0.239 e. The summed E-state index contributed by atoms with van der Waals surface area (Å²) in [6.07, 6.45) is 0.692. The van der Waals surface area contributed by atoms with Crippen LogP contribution >= 0.6 is 23.1 Å². The number of carbonyl (C=O) groups is 1. The number of nitrogens with zero attached hydrogens (tertiary/aromatic N) is 3. The molecule has 3 rings (SSSR count). The van der Waals surface area contributed by atoms with Gasteiger partial charge in [-0.2, -0.15) is 0 Å². The van der Waals surface area contributed by atoms with Gasteiger partial charge >= 0.3 is 0 Å². The van der Waals surface area contributed by atoms with E-state index in [1.54, 1.807) is 0 Å². The lowest BCUT2D eigenvalue weighted by Crippen LogP contribution is -2.24. The van der Waals surface area contributed by atoms with Crippen molar-refractivity contribution in [2.45, 2.75) is 37.6 Å². The molecule has 0 unspecified atom stereocenters. The first-order valence-electron chi connectivity index (χ1n) is 7.70. The number of thiazole rings is 1. The van der Waals surface area contributed by atoms with E-state index < -0.39 is 0 Å². The third kappa shape index (κ3) is 3.91. The maximum absolute atomic E-state index is 12.6. The number of aryl methyl sites for hydroxylation is 2. The summed E-state index contributed by atoms with van der Waals surface area (Å²) < 4.78 is 1.06. The Hall–Kier alpha value is -1.99.